The molecule has 0 amide bonds. The van der Waals surface area contributed by atoms with E-state index < -0.39 is 0 Å². The number of nitrogens with zero attached hydrogens (tertiary/aromatic N) is 3. The molecule has 2 aliphatic heterocycles. The summed E-state index contributed by atoms with van der Waals surface area (Å²) in [5, 5.41) is 0. The van der Waals surface area contributed by atoms with Crippen LogP contribution in [0, 0.1) is 0 Å². The molecule has 1 saturated heterocycles. The van der Waals surface area contributed by atoms with Crippen LogP contribution in [-0.2, 0) is 4.74 Å². The molecular weight excluding hydrogens is 264 g/mol. The molecule has 5 heteroatoms. The molecule has 21 heavy (non-hydrogen) atoms. The molecule has 1 aromatic rings. The van der Waals surface area contributed by atoms with Crippen molar-refractivity contribution in [2.24, 2.45) is 10.7 Å². The zero-order chi connectivity index (χ0) is 14.7. The molecule has 0 atom stereocenters. The van der Waals surface area contributed by atoms with Crippen LogP contribution in [0.25, 0.3) is 0 Å². The first kappa shape index (κ1) is 14.2. The number of rotatable bonds is 4. The van der Waals surface area contributed by atoms with Gasteiger partial charge in [0.25, 0.3) is 0 Å². The average Bonchev–Trinajstić information content (AvgIpc) is 2.83. The quantitative estimate of drug-likeness (QED) is 0.907. The number of hydrogen-bond donors (Lipinski definition) is 1. The second-order valence-electron chi connectivity index (χ2n) is 5.87. The molecule has 2 aliphatic rings. The van der Waals surface area contributed by atoms with Crippen LogP contribution in [0.4, 0.5) is 5.69 Å². The monoisotopic (exact) mass is 288 g/mol. The van der Waals surface area contributed by atoms with Crippen molar-refractivity contribution in [1.82, 2.24) is 4.90 Å². The lowest BCUT2D eigenvalue weighted by Crippen LogP contribution is -2.58. The highest BCUT2D eigenvalue weighted by atomic mass is 16.5. The normalized spacial score (nSPS) is 20.9. The number of aliphatic imine (C=N–C) groups is 1. The maximum absolute atomic E-state index is 6.08. The zero-order valence-corrected chi connectivity index (χ0v) is 12.7. The maximum Gasteiger partial charge on any atom is 0.191 e. The SMILES string of the molecule is COCCN1C(N)=NCC12CCN(c1ccccc1)CC2. The summed E-state index contributed by atoms with van der Waals surface area (Å²) in [4.78, 5) is 9.21. The lowest BCUT2D eigenvalue weighted by molar-refractivity contribution is 0.111. The number of nitrogens with two attached hydrogens (primary N) is 1. The minimum atomic E-state index is 0.105. The lowest BCUT2D eigenvalue weighted by atomic mass is 9.86. The van der Waals surface area contributed by atoms with Crippen molar-refractivity contribution >= 4 is 11.6 Å². The topological polar surface area (TPSA) is 54.1 Å². The van der Waals surface area contributed by atoms with Crippen LogP contribution in [0.2, 0.25) is 0 Å². The fourth-order valence-electron chi connectivity index (χ4n) is 3.42. The maximum atomic E-state index is 6.08. The van der Waals surface area contributed by atoms with Crippen LogP contribution in [0.3, 0.4) is 0 Å². The van der Waals surface area contributed by atoms with E-state index in [1.165, 1.54) is 5.69 Å². The van der Waals surface area contributed by atoms with Crippen molar-refractivity contribution in [3.8, 4) is 0 Å². The Balaban J connectivity index is 1.67. The fraction of sp³-hybridized carbons (Fsp3) is 0.562. The largest absolute Gasteiger partial charge is 0.383 e. The van der Waals surface area contributed by atoms with E-state index in [0.717, 1.165) is 39.0 Å². The van der Waals surface area contributed by atoms with Crippen LogP contribution in [0.5, 0.6) is 0 Å². The second kappa shape index (κ2) is 5.93. The molecule has 0 aliphatic carbocycles. The fourth-order valence-corrected chi connectivity index (χ4v) is 3.42. The molecule has 114 valence electrons. The molecule has 1 fully saturated rings. The van der Waals surface area contributed by atoms with Gasteiger partial charge >= 0.3 is 0 Å². The van der Waals surface area contributed by atoms with Gasteiger partial charge in [-0.2, -0.15) is 0 Å². The van der Waals surface area contributed by atoms with Crippen molar-refractivity contribution in [1.29, 1.82) is 0 Å². The van der Waals surface area contributed by atoms with E-state index in [-0.39, 0.29) is 5.54 Å². The number of hydrogen-bond acceptors (Lipinski definition) is 5. The summed E-state index contributed by atoms with van der Waals surface area (Å²) in [5.74, 6) is 0.681. The van der Waals surface area contributed by atoms with Gasteiger partial charge in [0.2, 0.25) is 0 Å². The van der Waals surface area contributed by atoms with E-state index in [1.54, 1.807) is 7.11 Å². The molecule has 2 heterocycles. The minimum absolute atomic E-state index is 0.105. The van der Waals surface area contributed by atoms with Crippen molar-refractivity contribution in [3.63, 3.8) is 0 Å². The van der Waals surface area contributed by atoms with Crippen molar-refractivity contribution < 1.29 is 4.74 Å². The molecule has 2 N–H and O–H groups in total. The molecule has 0 unspecified atom stereocenters. The third kappa shape index (κ3) is 2.70. The van der Waals surface area contributed by atoms with Crippen LogP contribution in [-0.4, -0.2) is 56.3 Å². The Morgan fingerprint density at radius 2 is 1.95 bits per heavy atom. The van der Waals surface area contributed by atoms with E-state index in [9.17, 15) is 0 Å². The van der Waals surface area contributed by atoms with Crippen LogP contribution in [0.1, 0.15) is 12.8 Å². The van der Waals surface area contributed by atoms with E-state index in [0.29, 0.717) is 12.6 Å². The summed E-state index contributed by atoms with van der Waals surface area (Å²) in [7, 11) is 1.73. The van der Waals surface area contributed by atoms with Gasteiger partial charge in [0.05, 0.1) is 18.7 Å². The Labute approximate surface area is 126 Å². The number of ether oxygens (including phenoxy) is 1. The minimum Gasteiger partial charge on any atom is -0.383 e. The van der Waals surface area contributed by atoms with Crippen molar-refractivity contribution in [3.05, 3.63) is 30.3 Å². The first-order valence-electron chi connectivity index (χ1n) is 7.62. The number of guanidine groups is 1. The van der Waals surface area contributed by atoms with Gasteiger partial charge in [0, 0.05) is 32.4 Å². The van der Waals surface area contributed by atoms with Crippen molar-refractivity contribution in [2.75, 3.05) is 44.8 Å². The van der Waals surface area contributed by atoms with Gasteiger partial charge in [-0.15, -0.1) is 0 Å². The molecular formula is C16H24N4O. The van der Waals surface area contributed by atoms with Gasteiger partial charge in [-0.25, -0.2) is 0 Å². The average molecular weight is 288 g/mol. The van der Waals surface area contributed by atoms with E-state index in [2.05, 4.69) is 45.1 Å². The molecule has 0 saturated carbocycles. The Bertz CT molecular complexity index is 494. The number of para-hydroxylation sites is 1. The summed E-state index contributed by atoms with van der Waals surface area (Å²) < 4.78 is 5.21. The number of anilines is 1. The number of benzene rings is 1. The molecule has 1 spiro atoms. The molecule has 0 aromatic heterocycles. The summed E-state index contributed by atoms with van der Waals surface area (Å²) in [5.41, 5.74) is 7.49. The van der Waals surface area contributed by atoms with Crippen molar-refractivity contribution in [2.45, 2.75) is 18.4 Å². The molecule has 5 nitrogen and oxygen atoms in total. The third-order valence-electron chi connectivity index (χ3n) is 4.72. The van der Waals surface area contributed by atoms with Gasteiger partial charge in [-0.3, -0.25) is 4.99 Å². The predicted octanol–water partition coefficient (Wildman–Crippen LogP) is 1.30. The van der Waals surface area contributed by atoms with Gasteiger partial charge < -0.3 is 20.3 Å². The standard InChI is InChI=1S/C16H24N4O/c1-21-12-11-20-15(17)18-13-16(20)7-9-19(10-8-16)14-5-3-2-4-6-14/h2-6H,7-13H2,1H3,(H2,17,18). The lowest BCUT2D eigenvalue weighted by Gasteiger charge is -2.45. The molecule has 1 aromatic carbocycles. The summed E-state index contributed by atoms with van der Waals surface area (Å²) >= 11 is 0. The highest BCUT2D eigenvalue weighted by molar-refractivity contribution is 5.81. The summed E-state index contributed by atoms with van der Waals surface area (Å²) in [6.07, 6.45) is 2.19. The Hall–Kier alpha value is -1.75. The van der Waals surface area contributed by atoms with Crippen LogP contribution < -0.4 is 10.6 Å². The molecule has 3 rings (SSSR count). The highest BCUT2D eigenvalue weighted by Crippen LogP contribution is 2.34. The van der Waals surface area contributed by atoms with Gasteiger partial charge in [0.1, 0.15) is 0 Å². The first-order chi connectivity index (χ1) is 10.2. The van der Waals surface area contributed by atoms with Crippen LogP contribution >= 0.6 is 0 Å². The van der Waals surface area contributed by atoms with E-state index in [4.69, 9.17) is 10.5 Å². The van der Waals surface area contributed by atoms with Gasteiger partial charge in [-0.05, 0) is 25.0 Å². The summed E-state index contributed by atoms with van der Waals surface area (Å²) in [6, 6.07) is 10.6. The van der Waals surface area contributed by atoms with Gasteiger partial charge in [-0.1, -0.05) is 18.2 Å². The molecule has 0 bridgehead atoms. The first-order valence-corrected chi connectivity index (χ1v) is 7.62. The van der Waals surface area contributed by atoms with Crippen LogP contribution in [0.15, 0.2) is 35.3 Å². The predicted molar refractivity (Wildman–Crippen MR) is 85.7 cm³/mol. The smallest absolute Gasteiger partial charge is 0.191 e. The zero-order valence-electron chi connectivity index (χ0n) is 12.7. The molecule has 0 radical (unpaired) electrons. The number of piperidine rings is 1. The Morgan fingerprint density at radius 3 is 2.62 bits per heavy atom. The number of methoxy groups -OCH3 is 1. The second-order valence-corrected chi connectivity index (χ2v) is 5.87. The summed E-state index contributed by atoms with van der Waals surface area (Å²) in [6.45, 7) is 4.45. The Morgan fingerprint density at radius 1 is 1.24 bits per heavy atom. The van der Waals surface area contributed by atoms with E-state index >= 15 is 0 Å². The highest BCUT2D eigenvalue weighted by Gasteiger charge is 2.44. The Kier molecular flexibility index (Phi) is 4.01. The van der Waals surface area contributed by atoms with E-state index in [1.807, 2.05) is 0 Å². The van der Waals surface area contributed by atoms with Gasteiger partial charge in [0.15, 0.2) is 5.96 Å². The third-order valence-corrected chi connectivity index (χ3v) is 4.72.